The van der Waals surface area contributed by atoms with Crippen molar-refractivity contribution in [2.24, 2.45) is 29.1 Å². The molecule has 2 saturated carbocycles. The van der Waals surface area contributed by atoms with E-state index in [4.69, 9.17) is 0 Å². The van der Waals surface area contributed by atoms with Crippen molar-refractivity contribution in [3.63, 3.8) is 0 Å². The van der Waals surface area contributed by atoms with Crippen LogP contribution >= 0.6 is 0 Å². The van der Waals surface area contributed by atoms with Gasteiger partial charge in [0.05, 0.1) is 0 Å². The maximum Gasteiger partial charge on any atom is 0.115 e. The van der Waals surface area contributed by atoms with E-state index in [-0.39, 0.29) is 0 Å². The van der Waals surface area contributed by atoms with Crippen LogP contribution in [0.5, 0.6) is 5.75 Å². The third kappa shape index (κ3) is 2.11. The third-order valence-corrected chi connectivity index (χ3v) is 8.22. The van der Waals surface area contributed by atoms with Gasteiger partial charge in [0.1, 0.15) is 5.75 Å². The Labute approximate surface area is 141 Å². The second kappa shape index (κ2) is 5.53. The van der Waals surface area contributed by atoms with Crippen LogP contribution in [-0.4, -0.2) is 5.11 Å². The molecule has 1 N–H and O–H groups in total. The average Bonchev–Trinajstić information content (AvgIpc) is 2.90. The molecule has 3 aliphatic carbocycles. The van der Waals surface area contributed by atoms with Crippen molar-refractivity contribution in [2.75, 3.05) is 0 Å². The summed E-state index contributed by atoms with van der Waals surface area (Å²) >= 11 is 0. The van der Waals surface area contributed by atoms with Crippen LogP contribution in [0.1, 0.15) is 76.3 Å². The summed E-state index contributed by atoms with van der Waals surface area (Å²) in [6.45, 7) is 7.48. The molecule has 0 amide bonds. The monoisotopic (exact) mass is 312 g/mol. The minimum Gasteiger partial charge on any atom is -0.508 e. The molecule has 0 bridgehead atoms. The van der Waals surface area contributed by atoms with E-state index < -0.39 is 0 Å². The summed E-state index contributed by atoms with van der Waals surface area (Å²) in [7, 11) is 0. The van der Waals surface area contributed by atoms with Crippen molar-refractivity contribution in [1.29, 1.82) is 0 Å². The van der Waals surface area contributed by atoms with Gasteiger partial charge in [0.25, 0.3) is 0 Å². The summed E-state index contributed by atoms with van der Waals surface area (Å²) in [6, 6.07) is 6.19. The first-order valence-corrected chi connectivity index (χ1v) is 9.91. The van der Waals surface area contributed by atoms with E-state index in [1.165, 1.54) is 50.5 Å². The van der Waals surface area contributed by atoms with Gasteiger partial charge in [0.15, 0.2) is 0 Å². The van der Waals surface area contributed by atoms with Crippen LogP contribution in [0.2, 0.25) is 0 Å². The molecule has 6 atom stereocenters. The van der Waals surface area contributed by atoms with E-state index in [0.717, 1.165) is 29.6 Å². The highest BCUT2D eigenvalue weighted by Gasteiger charge is 2.57. The maximum atomic E-state index is 9.84. The fourth-order valence-electron chi connectivity index (χ4n) is 7.14. The number of rotatable bonds is 2. The first-order chi connectivity index (χ1) is 11.1. The summed E-state index contributed by atoms with van der Waals surface area (Å²) in [5.74, 6) is 4.83. The van der Waals surface area contributed by atoms with Gasteiger partial charge < -0.3 is 5.11 Å². The lowest BCUT2D eigenvalue weighted by atomic mass is 9.49. The van der Waals surface area contributed by atoms with Crippen LogP contribution in [0.25, 0.3) is 0 Å². The SMILES string of the molecule is CCC1CCC2C3CCc4cc(O)ccc4C3CC(CC)[C@]12C. The van der Waals surface area contributed by atoms with Gasteiger partial charge in [-0.3, -0.25) is 0 Å². The number of phenols is 1. The maximum absolute atomic E-state index is 9.84. The fraction of sp³-hybridized carbons (Fsp3) is 0.727. The van der Waals surface area contributed by atoms with Crippen molar-refractivity contribution in [1.82, 2.24) is 0 Å². The molecule has 1 aromatic carbocycles. The van der Waals surface area contributed by atoms with Crippen molar-refractivity contribution in [3.8, 4) is 5.75 Å². The molecule has 126 valence electrons. The molecular formula is C22H32O. The summed E-state index contributed by atoms with van der Waals surface area (Å²) in [5, 5.41) is 9.84. The number of aryl methyl sites for hydroxylation is 1. The molecule has 0 spiro atoms. The van der Waals surface area contributed by atoms with Gasteiger partial charge in [-0.05, 0) is 90.4 Å². The molecule has 4 rings (SSSR count). The van der Waals surface area contributed by atoms with E-state index in [2.05, 4.69) is 26.8 Å². The minimum atomic E-state index is 0.446. The smallest absolute Gasteiger partial charge is 0.115 e. The first kappa shape index (κ1) is 15.5. The Kier molecular flexibility index (Phi) is 3.74. The number of hydrogen-bond donors (Lipinski definition) is 1. The number of hydrogen-bond acceptors (Lipinski definition) is 1. The fourth-order valence-corrected chi connectivity index (χ4v) is 7.14. The molecule has 0 heterocycles. The Morgan fingerprint density at radius 2 is 1.87 bits per heavy atom. The topological polar surface area (TPSA) is 20.2 Å². The van der Waals surface area contributed by atoms with Crippen molar-refractivity contribution in [2.45, 2.75) is 71.6 Å². The Balaban J connectivity index is 1.74. The lowest BCUT2D eigenvalue weighted by molar-refractivity contribution is -0.0329. The molecule has 0 aliphatic heterocycles. The molecule has 0 aromatic heterocycles. The highest BCUT2D eigenvalue weighted by molar-refractivity contribution is 5.40. The molecule has 5 unspecified atom stereocenters. The van der Waals surface area contributed by atoms with Gasteiger partial charge in [-0.2, -0.15) is 0 Å². The van der Waals surface area contributed by atoms with Gasteiger partial charge in [-0.1, -0.05) is 39.7 Å². The van der Waals surface area contributed by atoms with Gasteiger partial charge >= 0.3 is 0 Å². The summed E-state index contributed by atoms with van der Waals surface area (Å²) < 4.78 is 0. The number of fused-ring (bicyclic) bond motifs is 5. The summed E-state index contributed by atoms with van der Waals surface area (Å²) in [4.78, 5) is 0. The number of aromatic hydroxyl groups is 1. The molecule has 3 aliphatic rings. The highest BCUT2D eigenvalue weighted by atomic mass is 16.3. The van der Waals surface area contributed by atoms with Crippen molar-refractivity contribution < 1.29 is 5.11 Å². The zero-order valence-corrected chi connectivity index (χ0v) is 15.0. The predicted octanol–water partition coefficient (Wildman–Crippen LogP) is 5.91. The molecule has 2 fully saturated rings. The Morgan fingerprint density at radius 1 is 1.09 bits per heavy atom. The second-order valence-electron chi connectivity index (χ2n) is 8.69. The number of phenolic OH excluding ortho intramolecular Hbond substituents is 1. The van der Waals surface area contributed by atoms with Crippen LogP contribution in [-0.2, 0) is 6.42 Å². The van der Waals surface area contributed by atoms with Crippen LogP contribution < -0.4 is 0 Å². The molecular weight excluding hydrogens is 280 g/mol. The zero-order chi connectivity index (χ0) is 16.2. The summed E-state index contributed by atoms with van der Waals surface area (Å²) in [5.41, 5.74) is 3.58. The molecule has 1 heteroatoms. The average molecular weight is 312 g/mol. The predicted molar refractivity (Wildman–Crippen MR) is 95.7 cm³/mol. The molecule has 0 saturated heterocycles. The summed E-state index contributed by atoms with van der Waals surface area (Å²) in [6.07, 6.45) is 9.51. The number of benzene rings is 1. The Hall–Kier alpha value is -0.980. The molecule has 23 heavy (non-hydrogen) atoms. The lowest BCUT2D eigenvalue weighted by Crippen LogP contribution is -2.47. The van der Waals surface area contributed by atoms with E-state index in [1.807, 2.05) is 12.1 Å². The van der Waals surface area contributed by atoms with E-state index in [0.29, 0.717) is 11.2 Å². The third-order valence-electron chi connectivity index (χ3n) is 8.22. The van der Waals surface area contributed by atoms with Crippen molar-refractivity contribution in [3.05, 3.63) is 29.3 Å². The highest BCUT2D eigenvalue weighted by Crippen LogP contribution is 2.66. The second-order valence-corrected chi connectivity index (χ2v) is 8.69. The largest absolute Gasteiger partial charge is 0.508 e. The van der Waals surface area contributed by atoms with Gasteiger partial charge in [-0.15, -0.1) is 0 Å². The van der Waals surface area contributed by atoms with Crippen LogP contribution in [0, 0.1) is 29.1 Å². The quantitative estimate of drug-likeness (QED) is 0.719. The van der Waals surface area contributed by atoms with Crippen LogP contribution in [0.3, 0.4) is 0 Å². The van der Waals surface area contributed by atoms with Crippen molar-refractivity contribution >= 4 is 0 Å². The van der Waals surface area contributed by atoms with Gasteiger partial charge in [0, 0.05) is 0 Å². The first-order valence-electron chi connectivity index (χ1n) is 9.91. The standard InChI is InChI=1S/C22H32O/c1-4-15-7-11-21-19-9-6-14-12-17(23)8-10-18(14)20(19)13-16(5-2)22(15,21)3/h8,10,12,15-16,19-21,23H,4-7,9,11,13H2,1-3H3/t15?,16?,19?,20?,21?,22-/m0/s1. The van der Waals surface area contributed by atoms with Gasteiger partial charge in [-0.25, -0.2) is 0 Å². The molecule has 1 nitrogen and oxygen atoms in total. The van der Waals surface area contributed by atoms with E-state index >= 15 is 0 Å². The molecule has 1 aromatic rings. The van der Waals surface area contributed by atoms with E-state index in [1.54, 1.807) is 5.56 Å². The normalized spacial score (nSPS) is 42.0. The van der Waals surface area contributed by atoms with Crippen LogP contribution in [0.15, 0.2) is 18.2 Å². The molecule has 0 radical (unpaired) electrons. The zero-order valence-electron chi connectivity index (χ0n) is 15.0. The Bertz CT molecular complexity index is 592. The lowest BCUT2D eigenvalue weighted by Gasteiger charge is -2.55. The minimum absolute atomic E-state index is 0.446. The van der Waals surface area contributed by atoms with E-state index in [9.17, 15) is 5.11 Å². The van der Waals surface area contributed by atoms with Crippen LogP contribution in [0.4, 0.5) is 0 Å². The van der Waals surface area contributed by atoms with Gasteiger partial charge in [0.2, 0.25) is 0 Å². The Morgan fingerprint density at radius 3 is 2.61 bits per heavy atom.